The number of alkyl halides is 1. The first-order chi connectivity index (χ1) is 9.38. The molecule has 20 heavy (non-hydrogen) atoms. The first-order valence-electron chi connectivity index (χ1n) is 5.69. The molecule has 1 aromatic rings. The number of nitrogens with zero attached hydrogens (tertiary/aromatic N) is 2. The van der Waals surface area contributed by atoms with Gasteiger partial charge in [0.15, 0.2) is 0 Å². The molecule has 0 aliphatic rings. The Morgan fingerprint density at radius 3 is 2.80 bits per heavy atom. The maximum absolute atomic E-state index is 12.3. The summed E-state index contributed by atoms with van der Waals surface area (Å²) < 4.78 is 4.96. The molecule has 1 aromatic carbocycles. The second-order valence-electron chi connectivity index (χ2n) is 4.13. The predicted molar refractivity (Wildman–Crippen MR) is 79.7 cm³/mol. The molecule has 1 atom stereocenters. The van der Waals surface area contributed by atoms with Crippen LogP contribution in [0, 0.1) is 10.1 Å². The number of rotatable bonds is 6. The van der Waals surface area contributed by atoms with Gasteiger partial charge in [-0.2, -0.15) is 0 Å². The lowest BCUT2D eigenvalue weighted by Crippen LogP contribution is -2.34. The van der Waals surface area contributed by atoms with Crippen molar-refractivity contribution in [1.82, 2.24) is 4.90 Å². The lowest BCUT2D eigenvalue weighted by molar-refractivity contribution is -0.385. The lowest BCUT2D eigenvalue weighted by atomic mass is 10.1. The Morgan fingerprint density at radius 1 is 1.60 bits per heavy atom. The number of amides is 1. The topological polar surface area (TPSA) is 72.7 Å². The van der Waals surface area contributed by atoms with Gasteiger partial charge in [-0.25, -0.2) is 0 Å². The van der Waals surface area contributed by atoms with Crippen LogP contribution in [0.3, 0.4) is 0 Å². The van der Waals surface area contributed by atoms with E-state index in [1.165, 1.54) is 23.1 Å². The zero-order valence-electron chi connectivity index (χ0n) is 11.0. The van der Waals surface area contributed by atoms with E-state index in [0.717, 1.165) is 0 Å². The van der Waals surface area contributed by atoms with Crippen LogP contribution < -0.4 is 0 Å². The molecule has 0 spiro atoms. The van der Waals surface area contributed by atoms with Crippen molar-refractivity contribution >= 4 is 39.1 Å². The molecule has 1 unspecified atom stereocenters. The van der Waals surface area contributed by atoms with Crippen molar-refractivity contribution in [2.75, 3.05) is 27.3 Å². The fraction of sp³-hybridized carbons (Fsp3) is 0.417. The molecule has 6 nitrogen and oxygen atoms in total. The number of benzene rings is 1. The highest BCUT2D eigenvalue weighted by atomic mass is 79.9. The zero-order chi connectivity index (χ0) is 15.3. The van der Waals surface area contributed by atoms with Gasteiger partial charge in [0.25, 0.3) is 11.6 Å². The average molecular weight is 366 g/mol. The van der Waals surface area contributed by atoms with Crippen molar-refractivity contribution in [2.45, 2.75) is 4.83 Å². The van der Waals surface area contributed by atoms with Gasteiger partial charge in [0.1, 0.15) is 5.56 Å². The van der Waals surface area contributed by atoms with E-state index in [2.05, 4.69) is 15.9 Å². The van der Waals surface area contributed by atoms with Crippen LogP contribution in [0.5, 0.6) is 0 Å². The van der Waals surface area contributed by atoms with E-state index >= 15 is 0 Å². The molecule has 0 heterocycles. The Kier molecular flexibility index (Phi) is 6.38. The lowest BCUT2D eigenvalue weighted by Gasteiger charge is -2.20. The fourth-order valence-corrected chi connectivity index (χ4v) is 2.63. The number of hydrogen-bond acceptors (Lipinski definition) is 4. The van der Waals surface area contributed by atoms with Crippen molar-refractivity contribution in [2.24, 2.45) is 0 Å². The molecule has 8 heteroatoms. The van der Waals surface area contributed by atoms with Gasteiger partial charge in [-0.3, -0.25) is 14.9 Å². The summed E-state index contributed by atoms with van der Waals surface area (Å²) in [5, 5.41) is 11.0. The van der Waals surface area contributed by atoms with Crippen LogP contribution in [0.25, 0.3) is 0 Å². The molecule has 1 rings (SSSR count). The van der Waals surface area contributed by atoms with E-state index in [-0.39, 0.29) is 21.1 Å². The largest absolute Gasteiger partial charge is 0.383 e. The highest BCUT2D eigenvalue weighted by molar-refractivity contribution is 9.09. The number of methoxy groups -OCH3 is 1. The second-order valence-corrected chi connectivity index (χ2v) is 5.83. The normalized spacial score (nSPS) is 12.0. The quantitative estimate of drug-likeness (QED) is 0.441. The molecule has 0 saturated heterocycles. The number of carbonyl (C=O) groups excluding carboxylic acids is 1. The summed E-state index contributed by atoms with van der Waals surface area (Å²) >= 11 is 9.28. The van der Waals surface area contributed by atoms with E-state index in [9.17, 15) is 14.9 Å². The Balaban J connectivity index is 3.00. The molecule has 110 valence electrons. The second kappa shape index (κ2) is 7.56. The van der Waals surface area contributed by atoms with E-state index < -0.39 is 10.8 Å². The van der Waals surface area contributed by atoms with Crippen molar-refractivity contribution in [3.8, 4) is 0 Å². The Hall–Kier alpha value is -1.18. The number of carbonyl (C=O) groups is 1. The van der Waals surface area contributed by atoms with Crippen molar-refractivity contribution in [3.05, 3.63) is 38.9 Å². The molecule has 0 bridgehead atoms. The van der Waals surface area contributed by atoms with Crippen LogP contribution in [0.1, 0.15) is 10.4 Å². The molecule has 0 aliphatic carbocycles. The van der Waals surface area contributed by atoms with E-state index in [1.54, 1.807) is 14.2 Å². The third-order valence-electron chi connectivity index (χ3n) is 2.57. The summed E-state index contributed by atoms with van der Waals surface area (Å²) in [6.45, 7) is 0.761. The maximum Gasteiger partial charge on any atom is 0.283 e. The summed E-state index contributed by atoms with van der Waals surface area (Å²) in [5.74, 6) is -0.497. The number of nitro benzene ring substituents is 1. The van der Waals surface area contributed by atoms with Crippen molar-refractivity contribution < 1.29 is 14.5 Å². The van der Waals surface area contributed by atoms with Gasteiger partial charge >= 0.3 is 0 Å². The highest BCUT2D eigenvalue weighted by Crippen LogP contribution is 2.27. The molecule has 0 aliphatic heterocycles. The fourth-order valence-electron chi connectivity index (χ4n) is 1.68. The molecular weight excluding hydrogens is 351 g/mol. The number of halogens is 2. The van der Waals surface area contributed by atoms with Crippen LogP contribution in [-0.2, 0) is 4.74 Å². The SMILES string of the molecule is COCC(Br)CN(C)C(=O)c1c(Cl)cccc1[N+](=O)[O-]. The first kappa shape index (κ1) is 16.9. The summed E-state index contributed by atoms with van der Waals surface area (Å²) in [6, 6.07) is 4.15. The van der Waals surface area contributed by atoms with Crippen molar-refractivity contribution in [3.63, 3.8) is 0 Å². The van der Waals surface area contributed by atoms with Crippen LogP contribution >= 0.6 is 27.5 Å². The Labute approximate surface area is 129 Å². The van der Waals surface area contributed by atoms with E-state index in [0.29, 0.717) is 13.2 Å². The highest BCUT2D eigenvalue weighted by Gasteiger charge is 2.26. The van der Waals surface area contributed by atoms with Crippen molar-refractivity contribution in [1.29, 1.82) is 0 Å². The monoisotopic (exact) mass is 364 g/mol. The molecular formula is C12H14BrClN2O4. The van der Waals surface area contributed by atoms with Gasteiger partial charge in [-0.05, 0) is 6.07 Å². The third-order valence-corrected chi connectivity index (χ3v) is 3.44. The Morgan fingerprint density at radius 2 is 2.25 bits per heavy atom. The Bertz CT molecular complexity index is 512. The third kappa shape index (κ3) is 4.16. The summed E-state index contributed by atoms with van der Waals surface area (Å²) in [6.07, 6.45) is 0. The molecule has 0 N–H and O–H groups in total. The summed E-state index contributed by atoms with van der Waals surface area (Å²) in [7, 11) is 3.11. The molecule has 1 amide bonds. The number of hydrogen-bond donors (Lipinski definition) is 0. The number of ether oxygens (including phenoxy) is 1. The van der Waals surface area contributed by atoms with Crippen LogP contribution in [0.2, 0.25) is 5.02 Å². The van der Waals surface area contributed by atoms with Crippen LogP contribution in [-0.4, -0.2) is 47.9 Å². The number of nitro groups is 1. The van der Waals surface area contributed by atoms with Gasteiger partial charge in [0, 0.05) is 26.8 Å². The predicted octanol–water partition coefficient (Wildman–Crippen LogP) is 2.73. The van der Waals surface area contributed by atoms with E-state index in [1.807, 2.05) is 0 Å². The maximum atomic E-state index is 12.3. The minimum atomic E-state index is -0.617. The van der Waals surface area contributed by atoms with Gasteiger partial charge in [-0.1, -0.05) is 33.6 Å². The molecule has 0 aromatic heterocycles. The van der Waals surface area contributed by atoms with Gasteiger partial charge in [-0.15, -0.1) is 0 Å². The summed E-state index contributed by atoms with van der Waals surface area (Å²) in [5.41, 5.74) is -0.397. The van der Waals surface area contributed by atoms with Crippen LogP contribution in [0.15, 0.2) is 18.2 Å². The molecule has 0 radical (unpaired) electrons. The van der Waals surface area contributed by atoms with E-state index in [4.69, 9.17) is 16.3 Å². The van der Waals surface area contributed by atoms with Crippen LogP contribution in [0.4, 0.5) is 5.69 Å². The molecule has 0 fully saturated rings. The van der Waals surface area contributed by atoms with Gasteiger partial charge in [0.2, 0.25) is 0 Å². The summed E-state index contributed by atoms with van der Waals surface area (Å²) in [4.78, 5) is 24.0. The smallest absolute Gasteiger partial charge is 0.283 e. The zero-order valence-corrected chi connectivity index (χ0v) is 13.3. The minimum Gasteiger partial charge on any atom is -0.383 e. The first-order valence-corrected chi connectivity index (χ1v) is 6.99. The molecule has 0 saturated carbocycles. The average Bonchev–Trinajstić information content (AvgIpc) is 2.37. The van der Waals surface area contributed by atoms with Gasteiger partial charge < -0.3 is 9.64 Å². The van der Waals surface area contributed by atoms with Gasteiger partial charge in [0.05, 0.1) is 21.4 Å². The minimum absolute atomic E-state index is 0.0638. The standard InChI is InChI=1S/C12H14BrClN2O4/c1-15(6-8(13)7-20-2)12(17)11-9(14)4-3-5-10(11)16(18)19/h3-5,8H,6-7H2,1-2H3.